The summed E-state index contributed by atoms with van der Waals surface area (Å²) in [5, 5.41) is 0. The monoisotopic (exact) mass is 838 g/mol. The van der Waals surface area contributed by atoms with Crippen LogP contribution >= 0.6 is 25.6 Å². The van der Waals surface area contributed by atoms with E-state index in [4.69, 9.17) is 23.6 Å². The molecule has 12 nitrogen and oxygen atoms in total. The molecule has 0 radical (unpaired) electrons. The number of methoxy groups -OCH3 is 2. The molecule has 0 fully saturated rings. The average molecular weight is 842 g/mol. The van der Waals surface area contributed by atoms with Gasteiger partial charge >= 0.3 is 38.9 Å². The number of carbonyl (C=O) groups excluding carboxylic acids is 4. The predicted octanol–water partition coefficient (Wildman–Crippen LogP) is 8.05. The smallest absolute Gasteiger partial charge is 0.101 e. The molecule has 0 aliphatic heterocycles. The fraction of sp³-hybridized carbons (Fsp3) is 0.389. The number of aromatic nitrogens is 2. The third-order valence-electron chi connectivity index (χ3n) is 6.70. The molecular formula is C36H44BrClN4O8Zn. The van der Waals surface area contributed by atoms with E-state index in [1.807, 2.05) is 32.6 Å². The summed E-state index contributed by atoms with van der Waals surface area (Å²) in [6.07, 6.45) is 11.7. The number of oxazole rings is 2. The van der Waals surface area contributed by atoms with Crippen molar-refractivity contribution in [2.24, 2.45) is 0 Å². The van der Waals surface area contributed by atoms with Crippen LogP contribution in [0.25, 0.3) is 11.5 Å². The number of carbonyl (C=O) groups is 4. The second-order valence-corrected chi connectivity index (χ2v) is 11.5. The quantitative estimate of drug-likeness (QED) is 0.0737. The number of benzene rings is 2. The Labute approximate surface area is 322 Å². The van der Waals surface area contributed by atoms with Crippen LogP contribution in [-0.4, -0.2) is 83.9 Å². The zero-order valence-electron chi connectivity index (χ0n) is 29.9. The molecule has 0 bridgehead atoms. The summed E-state index contributed by atoms with van der Waals surface area (Å²) in [5.74, 6) is -0.766. The van der Waals surface area contributed by atoms with E-state index in [-0.39, 0.29) is 11.8 Å². The van der Waals surface area contributed by atoms with Gasteiger partial charge in [0.1, 0.15) is 12.7 Å². The molecule has 0 N–H and O–H groups in total. The van der Waals surface area contributed by atoms with Gasteiger partial charge in [0, 0.05) is 47.3 Å². The number of rotatable bonds is 13. The number of amides is 2. The second kappa shape index (κ2) is 26.0. The summed E-state index contributed by atoms with van der Waals surface area (Å²) in [6.45, 7) is 10.9. The van der Waals surface area contributed by atoms with E-state index < -0.39 is 11.9 Å². The standard InChI is InChI=1S/C18H22N2O4.C15H20BrNO3.C3H2NO.ClH.Zn/c1-4-7-20(8-5-2)17(21)14-10-13(16-19-6-9-24-16)11-15(12-14)18(22)23-3;1-4-6-17(7-5-2)14(18)11-8-12(15(19)20-3)10-13(16)9-11;1-2-5-3-4-1;;/h6,9-12H,4-5,7-8H2,1-3H3;8-10H,4-7H2,1-3H3;1-2H;1H;/q;;-1;;+2/p-1. The molecule has 0 atom stereocenters. The minimum atomic E-state index is -0.505. The summed E-state index contributed by atoms with van der Waals surface area (Å²) in [7, 11) is 7.40. The average Bonchev–Trinajstić information content (AvgIpc) is 3.93. The Morgan fingerprint density at radius 2 is 1.18 bits per heavy atom. The largest absolute Gasteiger partial charge is 0.581 e. The molecule has 0 saturated heterocycles. The van der Waals surface area contributed by atoms with Crippen LogP contribution in [-0.2, 0) is 26.8 Å². The molecule has 0 saturated carbocycles. The number of halogens is 2. The van der Waals surface area contributed by atoms with Gasteiger partial charge in [-0.3, -0.25) is 9.59 Å². The van der Waals surface area contributed by atoms with Gasteiger partial charge in [-0.1, -0.05) is 49.8 Å². The van der Waals surface area contributed by atoms with Crippen LogP contribution in [0.3, 0.4) is 0 Å². The summed E-state index contributed by atoms with van der Waals surface area (Å²) in [5.41, 5.74) is 2.16. The third kappa shape index (κ3) is 15.5. The fourth-order valence-electron chi connectivity index (χ4n) is 4.65. The number of hydrogen-bond acceptors (Lipinski definition) is 10. The third-order valence-corrected chi connectivity index (χ3v) is 7.16. The first kappa shape index (κ1) is 45.2. The molecule has 0 unspecified atom stereocenters. The molecule has 2 aromatic heterocycles. The molecule has 0 aliphatic carbocycles. The SMILES string of the molecule is CCCN(CCC)C(=O)c1cc(Br)cc(C(=O)OC)c1.CCCN(CCC)C(=O)c1cc(C(=O)OC)cc(-c2ncco2)c1.[Cl][Zn+].[c-]1ncco1. The van der Waals surface area contributed by atoms with Crippen molar-refractivity contribution in [3.8, 4) is 11.5 Å². The van der Waals surface area contributed by atoms with Gasteiger partial charge in [-0.05, 0) is 68.3 Å². The van der Waals surface area contributed by atoms with Crippen LogP contribution < -0.4 is 0 Å². The Bertz CT molecular complexity index is 1580. The van der Waals surface area contributed by atoms with E-state index in [0.717, 1.165) is 43.0 Å². The minimum absolute atomic E-state index is 0.0554. The van der Waals surface area contributed by atoms with E-state index in [1.54, 1.807) is 41.3 Å². The maximum absolute atomic E-state index is 12.8. The predicted molar refractivity (Wildman–Crippen MR) is 193 cm³/mol. The molecule has 272 valence electrons. The Balaban J connectivity index is 0.000000434. The number of nitrogens with zero attached hydrogens (tertiary/aromatic N) is 4. The molecule has 2 heterocycles. The molecular weight excluding hydrogens is 797 g/mol. The van der Waals surface area contributed by atoms with Crippen molar-refractivity contribution >= 4 is 49.4 Å². The van der Waals surface area contributed by atoms with E-state index in [0.29, 0.717) is 64.4 Å². The normalized spacial score (nSPS) is 9.84. The Hall–Kier alpha value is -3.87. The van der Waals surface area contributed by atoms with E-state index >= 15 is 0 Å². The van der Waals surface area contributed by atoms with Gasteiger partial charge in [0.15, 0.2) is 0 Å². The molecule has 4 rings (SSSR count). The molecule has 2 amide bonds. The van der Waals surface area contributed by atoms with Gasteiger partial charge in [-0.15, -0.1) is 0 Å². The van der Waals surface area contributed by atoms with E-state index in [2.05, 4.69) is 36.7 Å². The first-order valence-corrected chi connectivity index (χ1v) is 21.0. The zero-order valence-corrected chi connectivity index (χ0v) is 35.3. The zero-order chi connectivity index (χ0) is 38.2. The van der Waals surface area contributed by atoms with Crippen LogP contribution in [0.1, 0.15) is 94.8 Å². The van der Waals surface area contributed by atoms with Crippen molar-refractivity contribution in [1.82, 2.24) is 19.8 Å². The van der Waals surface area contributed by atoms with Crippen LogP contribution in [0.15, 0.2) is 74.6 Å². The first-order valence-electron chi connectivity index (χ1n) is 16.3. The number of esters is 2. The minimum Gasteiger partial charge on any atom is -0.581 e. The van der Waals surface area contributed by atoms with Crippen molar-refractivity contribution in [2.75, 3.05) is 40.4 Å². The van der Waals surface area contributed by atoms with Crippen molar-refractivity contribution in [3.63, 3.8) is 0 Å². The first-order chi connectivity index (χ1) is 24.6. The van der Waals surface area contributed by atoms with Crippen molar-refractivity contribution in [2.45, 2.75) is 53.4 Å². The van der Waals surface area contributed by atoms with Gasteiger partial charge in [0.25, 0.3) is 11.8 Å². The molecule has 2 aromatic carbocycles. The van der Waals surface area contributed by atoms with Crippen LogP contribution in [0.4, 0.5) is 0 Å². The van der Waals surface area contributed by atoms with E-state index in [1.165, 1.54) is 39.1 Å². The Kier molecular flexibility index (Phi) is 23.0. The maximum atomic E-state index is 12.8. The Morgan fingerprint density at radius 1 is 0.725 bits per heavy atom. The Morgan fingerprint density at radius 3 is 1.55 bits per heavy atom. The fourth-order valence-corrected chi connectivity index (χ4v) is 5.15. The summed E-state index contributed by atoms with van der Waals surface area (Å²) in [4.78, 5) is 60.0. The van der Waals surface area contributed by atoms with Gasteiger partial charge < -0.3 is 33.1 Å². The van der Waals surface area contributed by atoms with Crippen molar-refractivity contribution in [1.29, 1.82) is 0 Å². The second-order valence-electron chi connectivity index (χ2n) is 10.6. The number of ether oxygens (including phenoxy) is 2. The van der Waals surface area contributed by atoms with Crippen molar-refractivity contribution in [3.05, 3.63) is 94.4 Å². The van der Waals surface area contributed by atoms with Crippen LogP contribution in [0, 0.1) is 6.39 Å². The van der Waals surface area contributed by atoms with Gasteiger partial charge in [0.2, 0.25) is 5.89 Å². The summed E-state index contributed by atoms with van der Waals surface area (Å²) >= 11 is 4.17. The molecule has 4 aromatic rings. The summed E-state index contributed by atoms with van der Waals surface area (Å²) in [6, 6.07) is 9.81. The topological polar surface area (TPSA) is 145 Å². The summed E-state index contributed by atoms with van der Waals surface area (Å²) < 4.78 is 19.8. The molecule has 0 aliphatic rings. The number of hydrogen-bond donors (Lipinski definition) is 0. The van der Waals surface area contributed by atoms with E-state index in [9.17, 15) is 19.2 Å². The van der Waals surface area contributed by atoms with Crippen LogP contribution in [0.2, 0.25) is 0 Å². The van der Waals surface area contributed by atoms with Gasteiger partial charge in [-0.25, -0.2) is 14.6 Å². The van der Waals surface area contributed by atoms with Gasteiger partial charge in [0.05, 0.1) is 31.5 Å². The molecule has 0 spiro atoms. The molecule has 15 heteroatoms. The van der Waals surface area contributed by atoms with Crippen molar-refractivity contribution < 1.29 is 54.8 Å². The van der Waals surface area contributed by atoms with Gasteiger partial charge in [-0.2, -0.15) is 0 Å². The van der Waals surface area contributed by atoms with Crippen LogP contribution in [0.5, 0.6) is 0 Å². The maximum Gasteiger partial charge on any atom is 0.101 e. The molecule has 51 heavy (non-hydrogen) atoms.